The lowest BCUT2D eigenvalue weighted by molar-refractivity contribution is 0.0654. The van der Waals surface area contributed by atoms with Gasteiger partial charge in [-0.1, -0.05) is 42.5 Å². The molecule has 0 fully saturated rings. The van der Waals surface area contributed by atoms with Gasteiger partial charge in [0, 0.05) is 0 Å². The molecule has 0 atom stereocenters. The topological polar surface area (TPSA) is 63.4 Å². The molecular formula is C14H10N2O2. The Bertz CT molecular complexity index is 650. The first kappa shape index (κ1) is 10.7. The maximum atomic E-state index is 12.0. The monoisotopic (exact) mass is 238 g/mol. The van der Waals surface area contributed by atoms with Crippen LogP contribution in [-0.4, -0.2) is 16.8 Å². The molecule has 0 saturated carbocycles. The van der Waals surface area contributed by atoms with Crippen LogP contribution in [0.15, 0.2) is 48.5 Å². The summed E-state index contributed by atoms with van der Waals surface area (Å²) < 4.78 is 0. The number of benzene rings is 2. The maximum absolute atomic E-state index is 12.0. The van der Waals surface area contributed by atoms with Gasteiger partial charge in [0.25, 0.3) is 11.8 Å². The molecule has 88 valence electrons. The zero-order valence-corrected chi connectivity index (χ0v) is 9.46. The van der Waals surface area contributed by atoms with Gasteiger partial charge in [0.1, 0.15) is 0 Å². The van der Waals surface area contributed by atoms with Gasteiger partial charge in [-0.15, -0.1) is 0 Å². The molecule has 0 aliphatic carbocycles. The quantitative estimate of drug-likeness (QED) is 0.468. The van der Waals surface area contributed by atoms with E-state index in [1.54, 1.807) is 12.1 Å². The predicted molar refractivity (Wildman–Crippen MR) is 66.6 cm³/mol. The van der Waals surface area contributed by atoms with Crippen molar-refractivity contribution in [3.05, 3.63) is 59.7 Å². The maximum Gasteiger partial charge on any atom is 0.276 e. The van der Waals surface area contributed by atoms with Crippen molar-refractivity contribution in [2.45, 2.75) is 0 Å². The summed E-state index contributed by atoms with van der Waals surface area (Å²) in [5.74, 6) is 4.55. The molecule has 0 bridgehead atoms. The van der Waals surface area contributed by atoms with Gasteiger partial charge in [-0.2, -0.15) is 0 Å². The van der Waals surface area contributed by atoms with Crippen LogP contribution in [-0.2, 0) is 0 Å². The van der Waals surface area contributed by atoms with Gasteiger partial charge in [-0.25, -0.2) is 10.9 Å². The second-order valence-corrected chi connectivity index (χ2v) is 4.07. The minimum atomic E-state index is -0.451. The van der Waals surface area contributed by atoms with Crippen LogP contribution in [0, 0.1) is 0 Å². The number of hydrogen-bond acceptors (Lipinski definition) is 3. The Morgan fingerprint density at radius 1 is 0.778 bits per heavy atom. The minimum absolute atomic E-state index is 0.365. The number of hydrogen-bond donors (Lipinski definition) is 1. The van der Waals surface area contributed by atoms with Crippen molar-refractivity contribution in [3.8, 4) is 11.1 Å². The lowest BCUT2D eigenvalue weighted by Crippen LogP contribution is -2.36. The predicted octanol–water partition coefficient (Wildman–Crippen LogP) is 1.82. The van der Waals surface area contributed by atoms with E-state index in [9.17, 15) is 9.59 Å². The number of nitrogens with zero attached hydrogens (tertiary/aromatic N) is 1. The first-order valence-corrected chi connectivity index (χ1v) is 5.52. The van der Waals surface area contributed by atoms with Crippen molar-refractivity contribution >= 4 is 11.8 Å². The first-order chi connectivity index (χ1) is 8.70. The van der Waals surface area contributed by atoms with Crippen molar-refractivity contribution in [3.63, 3.8) is 0 Å². The third-order valence-corrected chi connectivity index (χ3v) is 3.03. The highest BCUT2D eigenvalue weighted by Gasteiger charge is 2.35. The van der Waals surface area contributed by atoms with Crippen molar-refractivity contribution in [2.24, 2.45) is 5.84 Å². The summed E-state index contributed by atoms with van der Waals surface area (Å²) in [6.45, 7) is 0. The van der Waals surface area contributed by atoms with E-state index in [0.29, 0.717) is 16.1 Å². The lowest BCUT2D eigenvalue weighted by Gasteiger charge is -2.06. The van der Waals surface area contributed by atoms with E-state index in [4.69, 9.17) is 5.84 Å². The van der Waals surface area contributed by atoms with Crippen molar-refractivity contribution < 1.29 is 9.59 Å². The molecule has 1 heterocycles. The smallest absolute Gasteiger partial charge is 0.267 e. The van der Waals surface area contributed by atoms with E-state index >= 15 is 0 Å². The third kappa shape index (κ3) is 1.36. The van der Waals surface area contributed by atoms with Gasteiger partial charge in [-0.3, -0.25) is 9.59 Å². The van der Waals surface area contributed by atoms with Gasteiger partial charge < -0.3 is 0 Å². The fourth-order valence-corrected chi connectivity index (χ4v) is 2.16. The Labute approximate surface area is 104 Å². The van der Waals surface area contributed by atoms with Crippen molar-refractivity contribution in [1.29, 1.82) is 0 Å². The summed E-state index contributed by atoms with van der Waals surface area (Å²) in [5, 5.41) is 0.664. The molecule has 4 nitrogen and oxygen atoms in total. The van der Waals surface area contributed by atoms with Gasteiger partial charge in [0.2, 0.25) is 0 Å². The summed E-state index contributed by atoms with van der Waals surface area (Å²) in [6, 6.07) is 14.7. The summed E-state index contributed by atoms with van der Waals surface area (Å²) >= 11 is 0. The molecule has 1 aliphatic heterocycles. The fraction of sp³-hybridized carbons (Fsp3) is 0. The molecule has 3 rings (SSSR count). The largest absolute Gasteiger partial charge is 0.276 e. The second kappa shape index (κ2) is 3.78. The van der Waals surface area contributed by atoms with Gasteiger partial charge in [0.15, 0.2) is 0 Å². The standard InChI is InChI=1S/C14H10N2O2/c15-16-13(17)11-8-4-7-10(12(11)14(16)18)9-5-2-1-3-6-9/h1-8H,15H2. The van der Waals surface area contributed by atoms with E-state index in [2.05, 4.69) is 0 Å². The molecular weight excluding hydrogens is 228 g/mol. The van der Waals surface area contributed by atoms with Crippen LogP contribution >= 0.6 is 0 Å². The molecule has 0 saturated heterocycles. The average Bonchev–Trinajstić information content (AvgIpc) is 2.65. The Kier molecular flexibility index (Phi) is 2.25. The highest BCUT2D eigenvalue weighted by atomic mass is 16.2. The third-order valence-electron chi connectivity index (χ3n) is 3.03. The highest BCUT2D eigenvalue weighted by Crippen LogP contribution is 2.31. The number of carbonyl (C=O) groups excluding carboxylic acids is 2. The molecule has 0 aromatic heterocycles. The number of rotatable bonds is 1. The van der Waals surface area contributed by atoms with E-state index < -0.39 is 11.8 Å². The van der Waals surface area contributed by atoms with E-state index in [1.807, 2.05) is 36.4 Å². The fourth-order valence-electron chi connectivity index (χ4n) is 2.16. The van der Waals surface area contributed by atoms with Crippen LogP contribution in [0.3, 0.4) is 0 Å². The van der Waals surface area contributed by atoms with Crippen LogP contribution in [0.25, 0.3) is 11.1 Å². The molecule has 2 aromatic rings. The molecule has 18 heavy (non-hydrogen) atoms. The summed E-state index contributed by atoms with van der Waals surface area (Å²) in [7, 11) is 0. The van der Waals surface area contributed by atoms with E-state index in [0.717, 1.165) is 11.1 Å². The second-order valence-electron chi connectivity index (χ2n) is 4.07. The number of hydrazine groups is 1. The van der Waals surface area contributed by atoms with Gasteiger partial charge >= 0.3 is 0 Å². The molecule has 0 radical (unpaired) electrons. The Morgan fingerprint density at radius 3 is 2.17 bits per heavy atom. The zero-order valence-electron chi connectivity index (χ0n) is 9.46. The van der Waals surface area contributed by atoms with Crippen molar-refractivity contribution in [2.75, 3.05) is 0 Å². The van der Waals surface area contributed by atoms with E-state index in [-0.39, 0.29) is 0 Å². The van der Waals surface area contributed by atoms with Crippen LogP contribution in [0.1, 0.15) is 20.7 Å². The molecule has 2 N–H and O–H groups in total. The number of nitrogens with two attached hydrogens (primary N) is 1. The summed E-state index contributed by atoms with van der Waals surface area (Å²) in [5.41, 5.74) is 2.38. The number of imide groups is 1. The lowest BCUT2D eigenvalue weighted by atomic mass is 9.97. The Hall–Kier alpha value is -2.46. The Balaban J connectivity index is 2.27. The first-order valence-electron chi connectivity index (χ1n) is 5.52. The molecule has 4 heteroatoms. The van der Waals surface area contributed by atoms with Gasteiger partial charge in [-0.05, 0) is 17.2 Å². The van der Waals surface area contributed by atoms with Crippen LogP contribution in [0.4, 0.5) is 0 Å². The van der Waals surface area contributed by atoms with Crippen LogP contribution in [0.2, 0.25) is 0 Å². The molecule has 0 unspecified atom stereocenters. The molecule has 1 aliphatic rings. The van der Waals surface area contributed by atoms with E-state index in [1.165, 1.54) is 0 Å². The van der Waals surface area contributed by atoms with Gasteiger partial charge in [0.05, 0.1) is 11.1 Å². The van der Waals surface area contributed by atoms with Crippen molar-refractivity contribution in [1.82, 2.24) is 5.01 Å². The molecule has 0 spiro atoms. The molecule has 2 aromatic carbocycles. The minimum Gasteiger partial charge on any atom is -0.267 e. The zero-order chi connectivity index (χ0) is 12.7. The number of amides is 2. The van der Waals surface area contributed by atoms with Crippen LogP contribution in [0.5, 0.6) is 0 Å². The van der Waals surface area contributed by atoms with Crippen LogP contribution < -0.4 is 5.84 Å². The SMILES string of the molecule is NN1C(=O)c2cccc(-c3ccccc3)c2C1=O. The normalized spacial score (nSPS) is 13.9. The summed E-state index contributed by atoms with van der Waals surface area (Å²) in [6.07, 6.45) is 0. The molecule has 2 amide bonds. The Morgan fingerprint density at radius 2 is 1.44 bits per heavy atom. The highest BCUT2D eigenvalue weighted by molar-refractivity contribution is 6.23. The summed E-state index contributed by atoms with van der Waals surface area (Å²) in [4.78, 5) is 23.8. The average molecular weight is 238 g/mol. The number of fused-ring (bicyclic) bond motifs is 1. The number of carbonyl (C=O) groups is 2.